The summed E-state index contributed by atoms with van der Waals surface area (Å²) < 4.78 is 0.861. The van der Waals surface area contributed by atoms with Crippen molar-refractivity contribution < 1.29 is 0 Å². The number of nitrogens with zero attached hydrogens (tertiary/aromatic N) is 1. The van der Waals surface area contributed by atoms with Crippen molar-refractivity contribution in [3.63, 3.8) is 0 Å². The predicted molar refractivity (Wildman–Crippen MR) is 145 cm³/mol. The summed E-state index contributed by atoms with van der Waals surface area (Å²) in [5, 5.41) is 8.99. The van der Waals surface area contributed by atoms with Crippen molar-refractivity contribution in [3.05, 3.63) is 57.7 Å². The molecule has 2 aromatic carbocycles. The van der Waals surface area contributed by atoms with Crippen molar-refractivity contribution in [3.8, 4) is 0 Å². The highest BCUT2D eigenvalue weighted by Gasteiger charge is 2.25. The van der Waals surface area contributed by atoms with Gasteiger partial charge in [0.05, 0.1) is 5.02 Å². The van der Waals surface area contributed by atoms with Crippen LogP contribution < -0.4 is 10.6 Å². The van der Waals surface area contributed by atoms with E-state index in [-0.39, 0.29) is 0 Å². The number of halogens is 2. The highest BCUT2D eigenvalue weighted by atomic mass is 79.9. The zero-order chi connectivity index (χ0) is 22.7. The number of hydrogen-bond acceptors (Lipinski definition) is 2. The molecule has 1 aromatic heterocycles. The van der Waals surface area contributed by atoms with Gasteiger partial charge in [-0.15, -0.1) is 0 Å². The van der Waals surface area contributed by atoms with Gasteiger partial charge in [-0.3, -0.25) is 0 Å². The van der Waals surface area contributed by atoms with Crippen LogP contribution in [0.5, 0.6) is 0 Å². The molecule has 1 fully saturated rings. The van der Waals surface area contributed by atoms with E-state index < -0.39 is 0 Å². The van der Waals surface area contributed by atoms with Crippen LogP contribution in [0.2, 0.25) is 5.02 Å². The summed E-state index contributed by atoms with van der Waals surface area (Å²) in [7, 11) is 0. The van der Waals surface area contributed by atoms with Gasteiger partial charge in [0.1, 0.15) is 0 Å². The van der Waals surface area contributed by atoms with Gasteiger partial charge in [-0.1, -0.05) is 25.4 Å². The molecule has 0 saturated carbocycles. The van der Waals surface area contributed by atoms with Gasteiger partial charge in [0.25, 0.3) is 0 Å². The fourth-order valence-corrected chi connectivity index (χ4v) is 5.47. The summed E-state index contributed by atoms with van der Waals surface area (Å²) in [6.45, 7) is 6.98. The van der Waals surface area contributed by atoms with E-state index in [9.17, 15) is 0 Å². The molecule has 1 aliphatic heterocycles. The van der Waals surface area contributed by atoms with Crippen LogP contribution in [-0.2, 0) is 0 Å². The number of piperidine rings is 1. The van der Waals surface area contributed by atoms with Gasteiger partial charge in [-0.2, -0.15) is 0 Å². The van der Waals surface area contributed by atoms with Gasteiger partial charge < -0.3 is 20.5 Å². The molecule has 4 nitrogen and oxygen atoms in total. The number of aromatic amines is 1. The molecule has 1 saturated heterocycles. The molecular formula is C25H30BrClN4S. The maximum atomic E-state index is 6.19. The highest BCUT2D eigenvalue weighted by Crippen LogP contribution is 2.35. The summed E-state index contributed by atoms with van der Waals surface area (Å²) >= 11 is 15.1. The molecule has 3 aromatic rings. The average molecular weight is 534 g/mol. The van der Waals surface area contributed by atoms with Crippen LogP contribution in [0.15, 0.2) is 47.1 Å². The zero-order valence-electron chi connectivity index (χ0n) is 18.6. The van der Waals surface area contributed by atoms with Gasteiger partial charge in [-0.05, 0) is 115 Å². The molecule has 0 spiro atoms. The number of H-pyrrole nitrogens is 1. The van der Waals surface area contributed by atoms with Crippen molar-refractivity contribution in [2.24, 2.45) is 0 Å². The van der Waals surface area contributed by atoms with Crippen LogP contribution in [-0.4, -0.2) is 34.1 Å². The number of nitrogens with one attached hydrogen (secondary N) is 3. The molecule has 0 aliphatic carbocycles. The quantitative estimate of drug-likeness (QED) is 0.283. The second kappa shape index (κ2) is 10.6. The second-order valence-electron chi connectivity index (χ2n) is 8.49. The fraction of sp³-hybridized carbons (Fsp3) is 0.400. The SMILES string of the molecule is CCC(CC)N1CCC(c2c[nH]c3ccc(NC(=S)Nc4ccc(Br)c(Cl)c4)cc23)CC1. The first-order valence-electron chi connectivity index (χ1n) is 11.4. The Morgan fingerprint density at radius 1 is 1.12 bits per heavy atom. The van der Waals surface area contributed by atoms with Crippen LogP contribution >= 0.6 is 39.7 Å². The zero-order valence-corrected chi connectivity index (χ0v) is 21.7. The summed E-state index contributed by atoms with van der Waals surface area (Å²) in [5.41, 5.74) is 4.43. The molecule has 0 atom stereocenters. The molecule has 170 valence electrons. The Balaban J connectivity index is 1.44. The Bertz CT molecular complexity index is 1090. The Labute approximate surface area is 209 Å². The minimum Gasteiger partial charge on any atom is -0.361 e. The number of benzene rings is 2. The van der Waals surface area contributed by atoms with E-state index in [0.717, 1.165) is 21.9 Å². The van der Waals surface area contributed by atoms with Crippen LogP contribution in [0.25, 0.3) is 10.9 Å². The van der Waals surface area contributed by atoms with Gasteiger partial charge >= 0.3 is 0 Å². The number of aromatic nitrogens is 1. The lowest BCUT2D eigenvalue weighted by atomic mass is 9.88. The summed E-state index contributed by atoms with van der Waals surface area (Å²) in [5.74, 6) is 0.597. The number of likely N-dealkylation sites (tertiary alicyclic amines) is 1. The summed E-state index contributed by atoms with van der Waals surface area (Å²) in [4.78, 5) is 6.14. The molecule has 2 heterocycles. The standard InChI is InChI=1S/C25H30BrClN4S/c1-3-19(4-2)31-11-9-16(10-12-31)21-15-28-24-8-6-17(13-20(21)24)29-25(32)30-18-5-7-22(26)23(27)14-18/h5-8,13-16,19,28H,3-4,9-12H2,1-2H3,(H2,29,30,32). The van der Waals surface area contributed by atoms with Crippen molar-refractivity contribution in [1.29, 1.82) is 0 Å². The van der Waals surface area contributed by atoms with E-state index in [1.54, 1.807) is 0 Å². The monoisotopic (exact) mass is 532 g/mol. The van der Waals surface area contributed by atoms with Crippen LogP contribution in [0.1, 0.15) is 51.0 Å². The van der Waals surface area contributed by atoms with Crippen LogP contribution in [0, 0.1) is 0 Å². The van der Waals surface area contributed by atoms with E-state index in [0.29, 0.717) is 16.1 Å². The topological polar surface area (TPSA) is 43.1 Å². The van der Waals surface area contributed by atoms with Crippen molar-refractivity contribution in [2.75, 3.05) is 23.7 Å². The minimum atomic E-state index is 0.540. The molecule has 0 radical (unpaired) electrons. The minimum absolute atomic E-state index is 0.540. The Morgan fingerprint density at radius 2 is 1.78 bits per heavy atom. The first-order valence-corrected chi connectivity index (χ1v) is 12.9. The largest absolute Gasteiger partial charge is 0.361 e. The van der Waals surface area contributed by atoms with Crippen molar-refractivity contribution in [2.45, 2.75) is 51.5 Å². The molecule has 3 N–H and O–H groups in total. The molecule has 0 unspecified atom stereocenters. The van der Waals surface area contributed by atoms with Gasteiger partial charge in [0.15, 0.2) is 5.11 Å². The highest BCUT2D eigenvalue weighted by molar-refractivity contribution is 9.10. The number of thiocarbonyl (C=S) groups is 1. The Kier molecular flexibility index (Phi) is 7.77. The van der Waals surface area contributed by atoms with Crippen molar-refractivity contribution in [1.82, 2.24) is 9.88 Å². The molecule has 32 heavy (non-hydrogen) atoms. The van der Waals surface area contributed by atoms with E-state index in [2.05, 4.69) is 74.7 Å². The van der Waals surface area contributed by atoms with Gasteiger partial charge in [0.2, 0.25) is 0 Å². The van der Waals surface area contributed by atoms with Gasteiger partial charge in [0, 0.05) is 39.0 Å². The molecule has 4 rings (SSSR count). The predicted octanol–water partition coefficient (Wildman–Crippen LogP) is 7.76. The van der Waals surface area contributed by atoms with E-state index >= 15 is 0 Å². The maximum Gasteiger partial charge on any atom is 0.175 e. The Morgan fingerprint density at radius 3 is 2.44 bits per heavy atom. The van der Waals surface area contributed by atoms with Crippen molar-refractivity contribution >= 4 is 67.1 Å². The molecule has 7 heteroatoms. The van der Waals surface area contributed by atoms with E-state index in [1.165, 1.54) is 55.2 Å². The lowest BCUT2D eigenvalue weighted by Crippen LogP contribution is -2.40. The summed E-state index contributed by atoms with van der Waals surface area (Å²) in [6, 6.07) is 12.8. The maximum absolute atomic E-state index is 6.19. The average Bonchev–Trinajstić information content (AvgIpc) is 3.21. The number of anilines is 2. The van der Waals surface area contributed by atoms with Gasteiger partial charge in [-0.25, -0.2) is 0 Å². The number of rotatable bonds is 6. The smallest absolute Gasteiger partial charge is 0.175 e. The summed E-state index contributed by atoms with van der Waals surface area (Å²) in [6.07, 6.45) is 7.11. The van der Waals surface area contributed by atoms with Crippen LogP contribution in [0.3, 0.4) is 0 Å². The van der Waals surface area contributed by atoms with Crippen LogP contribution in [0.4, 0.5) is 11.4 Å². The fourth-order valence-electron chi connectivity index (χ4n) is 4.81. The first kappa shape index (κ1) is 23.6. The third kappa shape index (κ3) is 5.30. The number of fused-ring (bicyclic) bond motifs is 1. The normalized spacial score (nSPS) is 15.4. The lowest BCUT2D eigenvalue weighted by Gasteiger charge is -2.37. The van der Waals surface area contributed by atoms with E-state index in [4.69, 9.17) is 23.8 Å². The first-order chi connectivity index (χ1) is 15.5. The third-order valence-corrected chi connectivity index (χ3v) is 8.01. The molecule has 0 bridgehead atoms. The molecule has 0 amide bonds. The van der Waals surface area contributed by atoms with E-state index in [1.807, 2.05) is 18.2 Å². The Hall–Kier alpha value is -1.60. The molecule has 1 aliphatic rings. The second-order valence-corrected chi connectivity index (χ2v) is 10.2. The molecular weight excluding hydrogens is 504 g/mol. The number of hydrogen-bond donors (Lipinski definition) is 3. The third-order valence-electron chi connectivity index (χ3n) is 6.58. The lowest BCUT2D eigenvalue weighted by molar-refractivity contribution is 0.144.